The highest BCUT2D eigenvalue weighted by molar-refractivity contribution is 5.95. The average Bonchev–Trinajstić information content (AvgIpc) is 2.94. The van der Waals surface area contributed by atoms with Crippen molar-refractivity contribution in [3.63, 3.8) is 0 Å². The van der Waals surface area contributed by atoms with Crippen LogP contribution in [0.4, 0.5) is 11.5 Å². The van der Waals surface area contributed by atoms with Crippen molar-refractivity contribution in [1.29, 1.82) is 0 Å². The summed E-state index contributed by atoms with van der Waals surface area (Å²) in [6, 6.07) is 11.9. The molecule has 0 bridgehead atoms. The number of ether oxygens (including phenoxy) is 1. The molecule has 3 aromatic rings. The third-order valence-corrected chi connectivity index (χ3v) is 7.33. The molecule has 1 unspecified atom stereocenters. The van der Waals surface area contributed by atoms with Crippen molar-refractivity contribution in [3.05, 3.63) is 60.3 Å². The Kier molecular flexibility index (Phi) is 7.64. The lowest BCUT2D eigenvalue weighted by Crippen LogP contribution is -2.55. The molecule has 9 heteroatoms. The molecule has 2 N–H and O–H groups in total. The maximum Gasteiger partial charge on any atom is 0.318 e. The van der Waals surface area contributed by atoms with Gasteiger partial charge in [-0.15, -0.1) is 0 Å². The minimum absolute atomic E-state index is 0.000983. The zero-order valence-corrected chi connectivity index (χ0v) is 21.8. The average molecular weight is 518 g/mol. The number of piperazine rings is 1. The molecule has 2 aliphatic heterocycles. The van der Waals surface area contributed by atoms with Gasteiger partial charge in [0.05, 0.1) is 24.9 Å². The van der Waals surface area contributed by atoms with Gasteiger partial charge < -0.3 is 29.6 Å². The molecule has 1 saturated heterocycles. The zero-order chi connectivity index (χ0) is 26.6. The Morgan fingerprint density at radius 3 is 2.82 bits per heavy atom. The maximum absolute atomic E-state index is 12.4. The smallest absolute Gasteiger partial charge is 0.318 e. The summed E-state index contributed by atoms with van der Waals surface area (Å²) in [5, 5.41) is 22.1. The molecular formula is C29H35N5O4. The van der Waals surface area contributed by atoms with Gasteiger partial charge in [0.15, 0.2) is 0 Å². The highest BCUT2D eigenvalue weighted by atomic mass is 16.5. The molecule has 1 atom stereocenters. The van der Waals surface area contributed by atoms with Crippen LogP contribution in [-0.4, -0.2) is 76.4 Å². The summed E-state index contributed by atoms with van der Waals surface area (Å²) in [6.45, 7) is 9.24. The SMILES string of the molecule is C=CC(=O)N1CCN(c2nc(OCCC)nc3c2CCN(c2cc(O)cc4ccccc24)C3)CC1CCO. The lowest BCUT2D eigenvalue weighted by molar-refractivity contribution is -0.128. The first-order valence-corrected chi connectivity index (χ1v) is 13.3. The second-order valence-corrected chi connectivity index (χ2v) is 9.81. The summed E-state index contributed by atoms with van der Waals surface area (Å²) < 4.78 is 5.91. The number of carbonyl (C=O) groups is 1. The molecule has 200 valence electrons. The van der Waals surface area contributed by atoms with Crippen molar-refractivity contribution >= 4 is 28.2 Å². The summed E-state index contributed by atoms with van der Waals surface area (Å²) in [5.74, 6) is 0.964. The van der Waals surface area contributed by atoms with E-state index in [0.29, 0.717) is 45.2 Å². The second kappa shape index (κ2) is 11.3. The molecule has 3 heterocycles. The van der Waals surface area contributed by atoms with E-state index < -0.39 is 0 Å². The molecule has 1 amide bonds. The highest BCUT2D eigenvalue weighted by Crippen LogP contribution is 2.36. The summed E-state index contributed by atoms with van der Waals surface area (Å²) in [7, 11) is 0. The van der Waals surface area contributed by atoms with Crippen molar-refractivity contribution in [2.24, 2.45) is 0 Å². The Labute approximate surface area is 223 Å². The van der Waals surface area contributed by atoms with Gasteiger partial charge in [0.1, 0.15) is 11.6 Å². The van der Waals surface area contributed by atoms with Crippen LogP contribution in [0.5, 0.6) is 11.8 Å². The zero-order valence-electron chi connectivity index (χ0n) is 21.8. The number of aromatic hydroxyl groups is 1. The standard InChI is InChI=1S/C29H35N5O4/c1-3-15-38-29-30-25-19-32(26-17-22(36)16-20-7-5-6-8-23(20)26)11-9-24(25)28(31-29)33-12-13-34(27(37)4-2)21(18-33)10-14-35/h4-8,16-17,21,35-36H,2-3,9-15,18-19H2,1H3. The van der Waals surface area contributed by atoms with Crippen molar-refractivity contribution in [2.45, 2.75) is 38.8 Å². The number of benzene rings is 2. The number of anilines is 2. The number of nitrogens with zero attached hydrogens (tertiary/aromatic N) is 5. The molecule has 0 spiro atoms. The number of aliphatic hydroxyl groups is 1. The van der Waals surface area contributed by atoms with Gasteiger partial charge in [-0.25, -0.2) is 0 Å². The molecule has 9 nitrogen and oxygen atoms in total. The van der Waals surface area contributed by atoms with Crippen LogP contribution in [0.1, 0.15) is 31.0 Å². The van der Waals surface area contributed by atoms with Crippen molar-refractivity contribution in [3.8, 4) is 11.8 Å². The molecule has 2 aliphatic rings. The van der Waals surface area contributed by atoms with Crippen LogP contribution in [0.2, 0.25) is 0 Å². The normalized spacial score (nSPS) is 17.4. The Morgan fingerprint density at radius 1 is 1.18 bits per heavy atom. The van der Waals surface area contributed by atoms with Crippen LogP contribution in [-0.2, 0) is 17.8 Å². The predicted molar refractivity (Wildman–Crippen MR) is 148 cm³/mol. The highest BCUT2D eigenvalue weighted by Gasteiger charge is 2.33. The fraction of sp³-hybridized carbons (Fsp3) is 0.414. The largest absolute Gasteiger partial charge is 0.508 e. The van der Waals surface area contributed by atoms with E-state index in [0.717, 1.165) is 52.9 Å². The summed E-state index contributed by atoms with van der Waals surface area (Å²) in [6.07, 6.45) is 3.40. The van der Waals surface area contributed by atoms with Gasteiger partial charge >= 0.3 is 6.01 Å². The third kappa shape index (κ3) is 5.11. The van der Waals surface area contributed by atoms with E-state index >= 15 is 0 Å². The number of aliphatic hydroxyl groups excluding tert-OH is 1. The summed E-state index contributed by atoms with van der Waals surface area (Å²) >= 11 is 0. The van der Waals surface area contributed by atoms with Gasteiger partial charge in [-0.05, 0) is 36.8 Å². The van der Waals surface area contributed by atoms with E-state index in [9.17, 15) is 15.0 Å². The van der Waals surface area contributed by atoms with Crippen LogP contribution >= 0.6 is 0 Å². The number of aromatic nitrogens is 2. The Hall–Kier alpha value is -3.85. The molecule has 1 fully saturated rings. The van der Waals surface area contributed by atoms with Crippen LogP contribution in [0, 0.1) is 0 Å². The third-order valence-electron chi connectivity index (χ3n) is 7.33. The van der Waals surface area contributed by atoms with Crippen molar-refractivity contribution in [1.82, 2.24) is 14.9 Å². The molecule has 38 heavy (non-hydrogen) atoms. The molecule has 0 aliphatic carbocycles. The summed E-state index contributed by atoms with van der Waals surface area (Å²) in [4.78, 5) is 28.3. The first-order chi connectivity index (χ1) is 18.5. The molecule has 5 rings (SSSR count). The van der Waals surface area contributed by atoms with Gasteiger partial charge in [0.2, 0.25) is 5.91 Å². The van der Waals surface area contributed by atoms with Crippen LogP contribution < -0.4 is 14.5 Å². The number of phenols is 1. The number of carbonyl (C=O) groups excluding carboxylic acids is 1. The van der Waals surface area contributed by atoms with E-state index in [4.69, 9.17) is 14.7 Å². The first kappa shape index (κ1) is 25.8. The lowest BCUT2D eigenvalue weighted by atomic mass is 10.0. The molecule has 1 aromatic heterocycles. The van der Waals surface area contributed by atoms with Crippen molar-refractivity contribution < 1.29 is 19.7 Å². The van der Waals surface area contributed by atoms with Gasteiger partial charge in [0.25, 0.3) is 0 Å². The molecule has 2 aromatic carbocycles. The first-order valence-electron chi connectivity index (χ1n) is 13.3. The lowest BCUT2D eigenvalue weighted by Gasteiger charge is -2.42. The van der Waals surface area contributed by atoms with Gasteiger partial charge in [-0.3, -0.25) is 4.79 Å². The minimum Gasteiger partial charge on any atom is -0.508 e. The van der Waals surface area contributed by atoms with Crippen LogP contribution in [0.15, 0.2) is 49.1 Å². The topological polar surface area (TPSA) is 102 Å². The van der Waals surface area contributed by atoms with Gasteiger partial charge in [-0.1, -0.05) is 37.8 Å². The number of phenolic OH excluding ortho intramolecular Hbond substituents is 1. The maximum atomic E-state index is 12.4. The Bertz CT molecular complexity index is 1330. The molecule has 0 saturated carbocycles. The van der Waals surface area contributed by atoms with Gasteiger partial charge in [-0.2, -0.15) is 9.97 Å². The van der Waals surface area contributed by atoms with Crippen LogP contribution in [0.3, 0.4) is 0 Å². The van der Waals surface area contributed by atoms with Crippen molar-refractivity contribution in [2.75, 3.05) is 49.2 Å². The Morgan fingerprint density at radius 2 is 2.03 bits per heavy atom. The fourth-order valence-electron chi connectivity index (χ4n) is 5.50. The van der Waals surface area contributed by atoms with E-state index in [1.807, 2.05) is 31.2 Å². The number of hydrogen-bond acceptors (Lipinski definition) is 8. The van der Waals surface area contributed by atoms with Gasteiger partial charge in [0, 0.05) is 55.5 Å². The predicted octanol–water partition coefficient (Wildman–Crippen LogP) is 3.27. The van der Waals surface area contributed by atoms with E-state index in [1.165, 1.54) is 6.08 Å². The van der Waals surface area contributed by atoms with Crippen LogP contribution in [0.25, 0.3) is 10.8 Å². The quantitative estimate of drug-likeness (QED) is 0.439. The number of fused-ring (bicyclic) bond motifs is 2. The van der Waals surface area contributed by atoms with E-state index in [2.05, 4.69) is 22.4 Å². The summed E-state index contributed by atoms with van der Waals surface area (Å²) in [5.41, 5.74) is 2.96. The molecular weight excluding hydrogens is 482 g/mol. The van der Waals surface area contributed by atoms with E-state index in [1.54, 1.807) is 11.0 Å². The number of rotatable bonds is 8. The minimum atomic E-state index is -0.136. The fourth-order valence-corrected chi connectivity index (χ4v) is 5.50. The Balaban J connectivity index is 1.49. The monoisotopic (exact) mass is 517 g/mol. The number of amides is 1. The number of hydrogen-bond donors (Lipinski definition) is 2. The molecule has 0 radical (unpaired) electrons. The van der Waals surface area contributed by atoms with E-state index in [-0.39, 0.29) is 24.3 Å². The second-order valence-electron chi connectivity index (χ2n) is 9.81.